The summed E-state index contributed by atoms with van der Waals surface area (Å²) < 4.78 is 12.5. The second kappa shape index (κ2) is 2.47. The number of alkyl halides is 1. The molecule has 0 nitrogen and oxygen atoms in total. The van der Waals surface area contributed by atoms with Crippen molar-refractivity contribution < 1.29 is 4.39 Å². The summed E-state index contributed by atoms with van der Waals surface area (Å²) >= 11 is 0. The molecule has 0 saturated carbocycles. The van der Waals surface area contributed by atoms with Crippen molar-refractivity contribution in [2.24, 2.45) is 5.41 Å². The molecule has 0 bridgehead atoms. The fraction of sp³-hybridized carbons (Fsp3) is 1.00. The van der Waals surface area contributed by atoms with Gasteiger partial charge in [0.05, 0.1) is 0 Å². The van der Waals surface area contributed by atoms with Gasteiger partial charge in [0.15, 0.2) is 0 Å². The summed E-state index contributed by atoms with van der Waals surface area (Å²) in [6.07, 6.45) is 0.220. The Bertz CT molecular complexity index is 64.8. The van der Waals surface area contributed by atoms with E-state index in [0.717, 1.165) is 6.42 Å². The van der Waals surface area contributed by atoms with Crippen LogP contribution in [0.3, 0.4) is 0 Å². The molecule has 1 atom stereocenters. The Morgan fingerprint density at radius 3 is 1.88 bits per heavy atom. The Balaban J connectivity index is 3.71. The molecule has 0 aromatic heterocycles. The molecular weight excluding hydrogens is 103 g/mol. The Hall–Kier alpha value is -0.0700. The van der Waals surface area contributed by atoms with E-state index in [1.807, 2.05) is 20.8 Å². The summed E-state index contributed by atoms with van der Waals surface area (Å²) in [5, 5.41) is 0. The predicted molar refractivity (Wildman–Crippen MR) is 34.6 cm³/mol. The van der Waals surface area contributed by atoms with Crippen molar-refractivity contribution in [2.75, 3.05) is 0 Å². The quantitative estimate of drug-likeness (QED) is 0.523. The minimum Gasteiger partial charge on any atom is -0.247 e. The van der Waals surface area contributed by atoms with Crippen LogP contribution in [-0.4, -0.2) is 6.17 Å². The molecule has 50 valence electrons. The van der Waals surface area contributed by atoms with Crippen molar-refractivity contribution in [1.82, 2.24) is 0 Å². The smallest absolute Gasteiger partial charge is 0.102 e. The largest absolute Gasteiger partial charge is 0.247 e. The first-order valence-corrected chi connectivity index (χ1v) is 3.14. The van der Waals surface area contributed by atoms with E-state index >= 15 is 0 Å². The molecule has 0 fully saturated rings. The number of hydrogen-bond acceptors (Lipinski definition) is 0. The minimum atomic E-state index is -0.688. The highest BCUT2D eigenvalue weighted by molar-refractivity contribution is 4.71. The molecule has 0 aliphatic heterocycles. The van der Waals surface area contributed by atoms with Crippen molar-refractivity contribution >= 4 is 0 Å². The van der Waals surface area contributed by atoms with Gasteiger partial charge in [-0.25, -0.2) is 4.39 Å². The summed E-state index contributed by atoms with van der Waals surface area (Å²) in [7, 11) is 0. The fourth-order valence-electron chi connectivity index (χ4n) is 0.281. The van der Waals surface area contributed by atoms with Gasteiger partial charge in [-0.3, -0.25) is 0 Å². The Kier molecular flexibility index (Phi) is 2.45. The van der Waals surface area contributed by atoms with Crippen molar-refractivity contribution in [3.05, 3.63) is 0 Å². The molecule has 0 aromatic carbocycles. The van der Waals surface area contributed by atoms with E-state index < -0.39 is 6.17 Å². The fourth-order valence-corrected chi connectivity index (χ4v) is 0.281. The van der Waals surface area contributed by atoms with Crippen molar-refractivity contribution in [1.29, 1.82) is 0 Å². The lowest BCUT2D eigenvalue weighted by atomic mass is 9.86. The van der Waals surface area contributed by atoms with Gasteiger partial charge >= 0.3 is 0 Å². The molecular formula is C7H15F. The van der Waals surface area contributed by atoms with Gasteiger partial charge < -0.3 is 0 Å². The highest BCUT2D eigenvalue weighted by atomic mass is 19.1. The molecule has 0 amide bonds. The zero-order valence-electron chi connectivity index (χ0n) is 6.16. The lowest BCUT2D eigenvalue weighted by Gasteiger charge is -2.23. The molecule has 0 saturated heterocycles. The van der Waals surface area contributed by atoms with E-state index in [0.29, 0.717) is 0 Å². The Morgan fingerprint density at radius 1 is 1.50 bits per heavy atom. The Labute approximate surface area is 51.1 Å². The third-order valence-corrected chi connectivity index (χ3v) is 1.99. The normalized spacial score (nSPS) is 16.1. The van der Waals surface area contributed by atoms with E-state index in [9.17, 15) is 4.39 Å². The van der Waals surface area contributed by atoms with Crippen LogP contribution in [-0.2, 0) is 0 Å². The molecule has 0 aliphatic rings. The second-order valence-corrected chi connectivity index (χ2v) is 2.96. The summed E-state index contributed by atoms with van der Waals surface area (Å²) in [4.78, 5) is 0. The minimum absolute atomic E-state index is 0.125. The van der Waals surface area contributed by atoms with E-state index in [1.54, 1.807) is 6.92 Å². The lowest BCUT2D eigenvalue weighted by Crippen LogP contribution is -2.21. The maximum atomic E-state index is 12.5. The maximum Gasteiger partial charge on any atom is 0.102 e. The average Bonchev–Trinajstić information content (AvgIpc) is 1.67. The van der Waals surface area contributed by atoms with Crippen LogP contribution in [0.4, 0.5) is 4.39 Å². The highest BCUT2D eigenvalue weighted by Gasteiger charge is 2.22. The van der Waals surface area contributed by atoms with E-state index in [1.165, 1.54) is 0 Å². The SMILES string of the molecule is CCC(C)(C)C(C)F. The lowest BCUT2D eigenvalue weighted by molar-refractivity contribution is 0.155. The van der Waals surface area contributed by atoms with Crippen molar-refractivity contribution in [2.45, 2.75) is 40.3 Å². The standard InChI is InChI=1S/C7H15F/c1-5-7(3,4)6(2)8/h6H,5H2,1-4H3. The zero-order chi connectivity index (χ0) is 6.78. The molecule has 1 heteroatoms. The van der Waals surface area contributed by atoms with Crippen LogP contribution in [0.5, 0.6) is 0 Å². The Morgan fingerprint density at radius 2 is 1.88 bits per heavy atom. The molecule has 0 spiro atoms. The average molecular weight is 118 g/mol. The monoisotopic (exact) mass is 118 g/mol. The topological polar surface area (TPSA) is 0 Å². The third kappa shape index (κ3) is 1.81. The second-order valence-electron chi connectivity index (χ2n) is 2.96. The van der Waals surface area contributed by atoms with Gasteiger partial charge in [-0.05, 0) is 18.8 Å². The number of rotatable bonds is 2. The molecule has 0 aliphatic carbocycles. The molecule has 8 heavy (non-hydrogen) atoms. The van der Waals surface area contributed by atoms with Gasteiger partial charge in [-0.15, -0.1) is 0 Å². The predicted octanol–water partition coefficient (Wildman–Crippen LogP) is 2.78. The van der Waals surface area contributed by atoms with Gasteiger partial charge in [0, 0.05) is 0 Å². The first kappa shape index (κ1) is 7.93. The molecule has 0 radical (unpaired) electrons. The third-order valence-electron chi connectivity index (χ3n) is 1.99. The summed E-state index contributed by atoms with van der Waals surface area (Å²) in [5.41, 5.74) is -0.125. The van der Waals surface area contributed by atoms with Crippen LogP contribution in [0.1, 0.15) is 34.1 Å². The van der Waals surface area contributed by atoms with Crippen LogP contribution in [0, 0.1) is 5.41 Å². The molecule has 0 rings (SSSR count). The maximum absolute atomic E-state index is 12.5. The molecule has 1 unspecified atom stereocenters. The van der Waals surface area contributed by atoms with Crippen LogP contribution in [0.15, 0.2) is 0 Å². The molecule has 0 N–H and O–H groups in total. The van der Waals surface area contributed by atoms with Gasteiger partial charge in [0.25, 0.3) is 0 Å². The van der Waals surface area contributed by atoms with Gasteiger partial charge in [-0.2, -0.15) is 0 Å². The first-order chi connectivity index (χ1) is 3.50. The first-order valence-electron chi connectivity index (χ1n) is 3.14. The van der Waals surface area contributed by atoms with Crippen LogP contribution in [0.25, 0.3) is 0 Å². The van der Waals surface area contributed by atoms with E-state index in [2.05, 4.69) is 0 Å². The number of hydrogen-bond donors (Lipinski definition) is 0. The summed E-state index contributed by atoms with van der Waals surface area (Å²) in [5.74, 6) is 0. The molecule has 0 aromatic rings. The summed E-state index contributed by atoms with van der Waals surface area (Å²) in [6, 6.07) is 0. The van der Waals surface area contributed by atoms with Gasteiger partial charge in [0.1, 0.15) is 6.17 Å². The van der Waals surface area contributed by atoms with Crippen LogP contribution >= 0.6 is 0 Å². The van der Waals surface area contributed by atoms with Crippen molar-refractivity contribution in [3.8, 4) is 0 Å². The van der Waals surface area contributed by atoms with Crippen molar-refractivity contribution in [3.63, 3.8) is 0 Å². The highest BCUT2D eigenvalue weighted by Crippen LogP contribution is 2.26. The van der Waals surface area contributed by atoms with Gasteiger partial charge in [0.2, 0.25) is 0 Å². The van der Waals surface area contributed by atoms with Crippen LogP contribution < -0.4 is 0 Å². The number of halogens is 1. The van der Waals surface area contributed by atoms with Gasteiger partial charge in [-0.1, -0.05) is 20.8 Å². The molecule has 0 heterocycles. The van der Waals surface area contributed by atoms with Crippen LogP contribution in [0.2, 0.25) is 0 Å². The zero-order valence-corrected chi connectivity index (χ0v) is 6.16. The summed E-state index contributed by atoms with van der Waals surface area (Å²) in [6.45, 7) is 7.51. The van der Waals surface area contributed by atoms with E-state index in [4.69, 9.17) is 0 Å². The van der Waals surface area contributed by atoms with E-state index in [-0.39, 0.29) is 5.41 Å².